The maximum atomic E-state index is 12.6. The molecule has 4 nitrogen and oxygen atoms in total. The van der Waals surface area contributed by atoms with Gasteiger partial charge in [-0.25, -0.2) is 8.42 Å². The minimum atomic E-state index is -4.57. The second-order valence-electron chi connectivity index (χ2n) is 4.81. The summed E-state index contributed by atoms with van der Waals surface area (Å²) in [6.45, 7) is 1.55. The van der Waals surface area contributed by atoms with Crippen molar-refractivity contribution in [3.05, 3.63) is 24.3 Å². The molecule has 0 aromatic heterocycles. The van der Waals surface area contributed by atoms with Crippen molar-refractivity contribution < 1.29 is 17.2 Å². The maximum Gasteiger partial charge on any atom is 0.341 e. The minimum absolute atomic E-state index is 0.241. The van der Waals surface area contributed by atoms with Crippen LogP contribution in [0.1, 0.15) is 19.3 Å². The summed E-state index contributed by atoms with van der Waals surface area (Å²) in [7, 11) is -4.57. The van der Waals surface area contributed by atoms with Crippen LogP contribution in [0.25, 0.3) is 0 Å². The summed E-state index contributed by atoms with van der Waals surface area (Å²) in [5.74, 6) is -3.40. The Hall–Kier alpha value is -1.21. The quantitative estimate of drug-likeness (QED) is 0.846. The van der Waals surface area contributed by atoms with E-state index in [1.807, 2.05) is 0 Å². The van der Waals surface area contributed by atoms with Crippen molar-refractivity contribution in [1.82, 2.24) is 5.32 Å². The number of hydrogen-bond donors (Lipinski definition) is 2. The van der Waals surface area contributed by atoms with E-state index in [1.54, 1.807) is 6.07 Å². The third kappa shape index (κ3) is 3.46. The van der Waals surface area contributed by atoms with Crippen LogP contribution in [0, 0.1) is 0 Å². The molecular weight excluding hydrogens is 286 g/mol. The van der Waals surface area contributed by atoms with Crippen LogP contribution in [-0.2, 0) is 9.84 Å². The molecule has 2 N–H and O–H groups in total. The summed E-state index contributed by atoms with van der Waals surface area (Å²) in [5, 5.41) is 6.28. The Kier molecular flexibility index (Phi) is 4.93. The van der Waals surface area contributed by atoms with Crippen LogP contribution in [0.3, 0.4) is 0 Å². The van der Waals surface area contributed by atoms with Crippen molar-refractivity contribution in [2.45, 2.75) is 36.0 Å². The van der Waals surface area contributed by atoms with Gasteiger partial charge in [-0.1, -0.05) is 12.1 Å². The van der Waals surface area contributed by atoms with Gasteiger partial charge in [-0.05, 0) is 37.9 Å². The Balaban J connectivity index is 2.04. The van der Waals surface area contributed by atoms with Crippen LogP contribution in [0.4, 0.5) is 14.5 Å². The molecule has 1 fully saturated rings. The summed E-state index contributed by atoms with van der Waals surface area (Å²) < 4.78 is 48.4. The highest BCUT2D eigenvalue weighted by Crippen LogP contribution is 2.26. The largest absolute Gasteiger partial charge is 0.384 e. The lowest BCUT2D eigenvalue weighted by atomic mass is 10.1. The molecule has 2 rings (SSSR count). The smallest absolute Gasteiger partial charge is 0.341 e. The molecule has 0 spiro atoms. The Bertz CT molecular complexity index is 543. The second kappa shape index (κ2) is 6.49. The van der Waals surface area contributed by atoms with Gasteiger partial charge in [0, 0.05) is 12.6 Å². The highest BCUT2D eigenvalue weighted by molar-refractivity contribution is 7.91. The van der Waals surface area contributed by atoms with E-state index in [9.17, 15) is 17.2 Å². The number of nitrogens with one attached hydrogen (secondary N) is 2. The van der Waals surface area contributed by atoms with Crippen molar-refractivity contribution in [1.29, 1.82) is 0 Å². The molecule has 1 aromatic carbocycles. The summed E-state index contributed by atoms with van der Waals surface area (Å²) in [5.41, 5.74) is 0.241. The topological polar surface area (TPSA) is 58.2 Å². The van der Waals surface area contributed by atoms with E-state index >= 15 is 0 Å². The van der Waals surface area contributed by atoms with Gasteiger partial charge >= 0.3 is 5.76 Å². The van der Waals surface area contributed by atoms with Gasteiger partial charge in [-0.15, -0.1) is 0 Å². The molecule has 0 aliphatic carbocycles. The first-order chi connectivity index (χ1) is 9.51. The van der Waals surface area contributed by atoms with Gasteiger partial charge in [0.25, 0.3) is 0 Å². The average molecular weight is 304 g/mol. The van der Waals surface area contributed by atoms with E-state index < -0.39 is 15.6 Å². The van der Waals surface area contributed by atoms with Crippen molar-refractivity contribution >= 4 is 15.5 Å². The Morgan fingerprint density at radius 2 is 2.10 bits per heavy atom. The molecule has 7 heteroatoms. The van der Waals surface area contributed by atoms with Crippen molar-refractivity contribution in [3.8, 4) is 0 Å². The van der Waals surface area contributed by atoms with E-state index in [4.69, 9.17) is 0 Å². The molecule has 112 valence electrons. The summed E-state index contributed by atoms with van der Waals surface area (Å²) in [4.78, 5) is -0.339. The molecule has 0 bridgehead atoms. The van der Waals surface area contributed by atoms with Gasteiger partial charge in [-0.3, -0.25) is 0 Å². The lowest BCUT2D eigenvalue weighted by molar-refractivity contribution is 0.235. The molecule has 0 radical (unpaired) electrons. The number of hydrogen-bond acceptors (Lipinski definition) is 4. The zero-order chi connectivity index (χ0) is 14.6. The Morgan fingerprint density at radius 3 is 2.75 bits per heavy atom. The summed E-state index contributed by atoms with van der Waals surface area (Å²) in [6.07, 6.45) is 3.07. The van der Waals surface area contributed by atoms with Crippen molar-refractivity contribution in [2.75, 3.05) is 18.4 Å². The molecule has 1 atom stereocenters. The molecule has 1 aliphatic rings. The maximum absolute atomic E-state index is 12.6. The average Bonchev–Trinajstić information content (AvgIpc) is 2.92. The minimum Gasteiger partial charge on any atom is -0.384 e. The zero-order valence-electron chi connectivity index (χ0n) is 11.0. The molecule has 1 heterocycles. The van der Waals surface area contributed by atoms with Gasteiger partial charge in [0.15, 0.2) is 0 Å². The number of anilines is 1. The van der Waals surface area contributed by atoms with Gasteiger partial charge < -0.3 is 10.6 Å². The van der Waals surface area contributed by atoms with Gasteiger partial charge in [0.2, 0.25) is 9.84 Å². The highest BCUT2D eigenvalue weighted by atomic mass is 32.2. The standard InChI is InChI=1S/C13H18F2N2O2S/c14-13(15)20(18,19)12-6-2-1-5-11(12)17-9-7-10-4-3-8-16-10/h1-2,5-6,10,13,16-17H,3-4,7-9H2/t10-/m1/s1. The predicted octanol–water partition coefficient (Wildman–Crippen LogP) is 2.24. The third-order valence-corrected chi connectivity index (χ3v) is 4.84. The van der Waals surface area contributed by atoms with E-state index in [1.165, 1.54) is 18.2 Å². The third-order valence-electron chi connectivity index (χ3n) is 3.40. The van der Waals surface area contributed by atoms with Crippen LogP contribution in [-0.4, -0.2) is 33.3 Å². The number of halogens is 2. The van der Waals surface area contributed by atoms with Gasteiger partial charge in [0.05, 0.1) is 10.6 Å². The van der Waals surface area contributed by atoms with Crippen molar-refractivity contribution in [3.63, 3.8) is 0 Å². The molecule has 20 heavy (non-hydrogen) atoms. The Labute approximate surface area is 117 Å². The molecule has 0 unspecified atom stereocenters. The molecule has 1 aliphatic heterocycles. The number of alkyl halides is 2. The van der Waals surface area contributed by atoms with Crippen molar-refractivity contribution in [2.24, 2.45) is 0 Å². The lowest BCUT2D eigenvalue weighted by Crippen LogP contribution is -2.24. The summed E-state index contributed by atoms with van der Waals surface area (Å²) in [6, 6.07) is 6.20. The fraction of sp³-hybridized carbons (Fsp3) is 0.538. The van der Waals surface area contributed by atoms with Crippen LogP contribution < -0.4 is 10.6 Å². The molecule has 0 amide bonds. The second-order valence-corrected chi connectivity index (χ2v) is 6.70. The van der Waals surface area contributed by atoms with Gasteiger partial charge in [0.1, 0.15) is 0 Å². The molecular formula is C13H18F2N2O2S. The first kappa shape index (κ1) is 15.2. The fourth-order valence-electron chi connectivity index (χ4n) is 2.34. The number of para-hydroxylation sites is 1. The molecule has 1 saturated heterocycles. The van der Waals surface area contributed by atoms with E-state index in [0.717, 1.165) is 25.8 Å². The summed E-state index contributed by atoms with van der Waals surface area (Å²) >= 11 is 0. The van der Waals surface area contributed by atoms with Crippen LogP contribution >= 0.6 is 0 Å². The van der Waals surface area contributed by atoms with E-state index in [0.29, 0.717) is 12.6 Å². The molecule has 0 saturated carbocycles. The Morgan fingerprint density at radius 1 is 1.35 bits per heavy atom. The predicted molar refractivity (Wildman–Crippen MR) is 73.8 cm³/mol. The van der Waals surface area contributed by atoms with Crippen LogP contribution in [0.5, 0.6) is 0 Å². The SMILES string of the molecule is O=S(=O)(c1ccccc1NCC[C@H]1CCCN1)C(F)F. The lowest BCUT2D eigenvalue weighted by Gasteiger charge is -2.14. The van der Waals surface area contributed by atoms with Crippen LogP contribution in [0.2, 0.25) is 0 Å². The monoisotopic (exact) mass is 304 g/mol. The van der Waals surface area contributed by atoms with E-state index in [2.05, 4.69) is 10.6 Å². The first-order valence-corrected chi connectivity index (χ1v) is 8.15. The number of sulfone groups is 1. The molecule has 1 aromatic rings. The highest BCUT2D eigenvalue weighted by Gasteiger charge is 2.28. The zero-order valence-corrected chi connectivity index (χ0v) is 11.8. The van der Waals surface area contributed by atoms with Gasteiger partial charge in [-0.2, -0.15) is 8.78 Å². The fourth-order valence-corrected chi connectivity index (χ4v) is 3.25. The van der Waals surface area contributed by atoms with Crippen LogP contribution in [0.15, 0.2) is 29.2 Å². The first-order valence-electron chi connectivity index (χ1n) is 6.60. The number of rotatable bonds is 6. The normalized spacial score (nSPS) is 19.4. The number of benzene rings is 1. The van der Waals surface area contributed by atoms with E-state index in [-0.39, 0.29) is 10.6 Å².